The highest BCUT2D eigenvalue weighted by Crippen LogP contribution is 2.31. The molecule has 21 heavy (non-hydrogen) atoms. The maximum atomic E-state index is 12.5. The molecule has 1 fully saturated rings. The lowest BCUT2D eigenvalue weighted by molar-refractivity contribution is 0.00856. The number of halogens is 2. The molecule has 1 aromatic rings. The third-order valence-electron chi connectivity index (χ3n) is 4.32. The van der Waals surface area contributed by atoms with E-state index in [1.807, 2.05) is 18.9 Å². The topological polar surface area (TPSA) is 40.5 Å². The average molecular weight is 330 g/mol. The minimum Gasteiger partial charge on any atom is -0.389 e. The Labute approximate surface area is 135 Å². The van der Waals surface area contributed by atoms with E-state index in [9.17, 15) is 9.90 Å². The smallest absolute Gasteiger partial charge is 0.181 e. The molecule has 0 radical (unpaired) electrons. The third kappa shape index (κ3) is 3.98. The van der Waals surface area contributed by atoms with E-state index in [2.05, 4.69) is 0 Å². The molecular weight excluding hydrogens is 309 g/mol. The number of ketones is 1. The zero-order valence-corrected chi connectivity index (χ0v) is 13.9. The zero-order chi connectivity index (χ0) is 15.6. The number of likely N-dealkylation sites (N-methyl/N-ethyl adjacent to an activating group) is 1. The second kappa shape index (κ2) is 6.66. The second-order valence-electron chi connectivity index (χ2n) is 6.01. The Kier molecular flexibility index (Phi) is 5.31. The molecule has 0 amide bonds. The molecule has 0 aliphatic heterocycles. The Balaban J connectivity index is 2.07. The van der Waals surface area contributed by atoms with Crippen LogP contribution in [0, 0.1) is 0 Å². The summed E-state index contributed by atoms with van der Waals surface area (Å²) >= 11 is 12.0. The number of hydrogen-bond donors (Lipinski definition) is 1. The lowest BCUT2D eigenvalue weighted by atomic mass is 9.99. The minimum atomic E-state index is -0.660. The SMILES string of the molecule is CC(C(=O)c1ccc(Cl)cc1Cl)N(C)CC1(O)CCCC1. The maximum Gasteiger partial charge on any atom is 0.181 e. The van der Waals surface area contributed by atoms with Gasteiger partial charge in [0.2, 0.25) is 0 Å². The predicted octanol–water partition coefficient (Wildman–Crippen LogP) is 3.80. The van der Waals surface area contributed by atoms with Crippen LogP contribution in [0.2, 0.25) is 10.0 Å². The number of rotatable bonds is 5. The number of Topliss-reactive ketones (excluding diaryl/α,β-unsaturated/α-hetero) is 1. The van der Waals surface area contributed by atoms with Gasteiger partial charge in [-0.2, -0.15) is 0 Å². The molecule has 1 saturated carbocycles. The van der Waals surface area contributed by atoms with E-state index in [4.69, 9.17) is 23.2 Å². The molecule has 0 aromatic heterocycles. The predicted molar refractivity (Wildman–Crippen MR) is 86.3 cm³/mol. The van der Waals surface area contributed by atoms with Gasteiger partial charge in [-0.3, -0.25) is 9.69 Å². The molecule has 1 aliphatic carbocycles. The molecule has 0 saturated heterocycles. The summed E-state index contributed by atoms with van der Waals surface area (Å²) in [4.78, 5) is 14.4. The maximum absolute atomic E-state index is 12.5. The van der Waals surface area contributed by atoms with E-state index in [1.165, 1.54) is 0 Å². The highest BCUT2D eigenvalue weighted by atomic mass is 35.5. The van der Waals surface area contributed by atoms with Crippen LogP contribution in [0.15, 0.2) is 18.2 Å². The van der Waals surface area contributed by atoms with Gasteiger partial charge in [-0.05, 0) is 45.0 Å². The Morgan fingerprint density at radius 3 is 2.57 bits per heavy atom. The van der Waals surface area contributed by atoms with Gasteiger partial charge in [0.1, 0.15) is 0 Å². The van der Waals surface area contributed by atoms with Crippen molar-refractivity contribution >= 4 is 29.0 Å². The first-order valence-corrected chi connectivity index (χ1v) is 8.00. The number of carbonyl (C=O) groups is 1. The fourth-order valence-electron chi connectivity index (χ4n) is 2.91. The lowest BCUT2D eigenvalue weighted by Gasteiger charge is -2.32. The molecule has 1 aromatic carbocycles. The quantitative estimate of drug-likeness (QED) is 0.835. The van der Waals surface area contributed by atoms with Gasteiger partial charge >= 0.3 is 0 Å². The van der Waals surface area contributed by atoms with Crippen molar-refractivity contribution in [2.75, 3.05) is 13.6 Å². The zero-order valence-electron chi connectivity index (χ0n) is 12.4. The van der Waals surface area contributed by atoms with E-state index in [0.29, 0.717) is 22.2 Å². The first-order valence-electron chi connectivity index (χ1n) is 7.24. The summed E-state index contributed by atoms with van der Waals surface area (Å²) in [5.74, 6) is -0.0548. The van der Waals surface area contributed by atoms with Crippen LogP contribution in [0.5, 0.6) is 0 Å². The summed E-state index contributed by atoms with van der Waals surface area (Å²) in [7, 11) is 1.86. The second-order valence-corrected chi connectivity index (χ2v) is 6.85. The fraction of sp³-hybridized carbons (Fsp3) is 0.562. The van der Waals surface area contributed by atoms with Crippen LogP contribution >= 0.6 is 23.2 Å². The standard InChI is InChI=1S/C16H21Cl2NO2/c1-11(19(2)10-16(21)7-3-4-8-16)15(20)13-6-5-12(17)9-14(13)18/h5-6,9,11,21H,3-4,7-8,10H2,1-2H3. The first-order chi connectivity index (χ1) is 9.82. The molecular formula is C16H21Cl2NO2. The lowest BCUT2D eigenvalue weighted by Crippen LogP contribution is -2.45. The van der Waals surface area contributed by atoms with Crippen molar-refractivity contribution in [1.29, 1.82) is 0 Å². The number of carbonyl (C=O) groups excluding carboxylic acids is 1. The molecule has 0 bridgehead atoms. The number of benzene rings is 1. The summed E-state index contributed by atoms with van der Waals surface area (Å²) in [6.45, 7) is 2.34. The van der Waals surface area contributed by atoms with E-state index in [1.54, 1.807) is 18.2 Å². The number of aliphatic hydroxyl groups is 1. The fourth-order valence-corrected chi connectivity index (χ4v) is 3.41. The van der Waals surface area contributed by atoms with E-state index in [-0.39, 0.29) is 11.8 Å². The molecule has 5 heteroatoms. The van der Waals surface area contributed by atoms with Crippen LogP contribution in [0.3, 0.4) is 0 Å². The Morgan fingerprint density at radius 1 is 1.38 bits per heavy atom. The van der Waals surface area contributed by atoms with Gasteiger partial charge in [-0.25, -0.2) is 0 Å². The van der Waals surface area contributed by atoms with Crippen LogP contribution in [0.4, 0.5) is 0 Å². The van der Waals surface area contributed by atoms with Gasteiger partial charge in [-0.1, -0.05) is 36.0 Å². The monoisotopic (exact) mass is 329 g/mol. The molecule has 116 valence electrons. The molecule has 1 N–H and O–H groups in total. The Bertz CT molecular complexity index is 527. The van der Waals surface area contributed by atoms with Gasteiger partial charge in [0.25, 0.3) is 0 Å². The average Bonchev–Trinajstić information content (AvgIpc) is 2.83. The molecule has 3 nitrogen and oxygen atoms in total. The third-order valence-corrected chi connectivity index (χ3v) is 4.86. The number of nitrogens with zero attached hydrogens (tertiary/aromatic N) is 1. The molecule has 0 heterocycles. The summed E-state index contributed by atoms with van der Waals surface area (Å²) in [6.07, 6.45) is 3.71. The Hall–Kier alpha value is -0.610. The minimum absolute atomic E-state index is 0.0548. The van der Waals surface area contributed by atoms with Gasteiger partial charge in [0.15, 0.2) is 5.78 Å². The van der Waals surface area contributed by atoms with E-state index < -0.39 is 5.60 Å². The number of hydrogen-bond acceptors (Lipinski definition) is 3. The Morgan fingerprint density at radius 2 is 2.00 bits per heavy atom. The highest BCUT2D eigenvalue weighted by Gasteiger charge is 2.34. The van der Waals surface area contributed by atoms with Crippen LogP contribution in [0.1, 0.15) is 43.0 Å². The molecule has 1 atom stereocenters. The van der Waals surface area contributed by atoms with Gasteiger partial charge in [0.05, 0.1) is 16.7 Å². The summed E-state index contributed by atoms with van der Waals surface area (Å²) in [6, 6.07) is 4.56. The molecule has 0 spiro atoms. The van der Waals surface area contributed by atoms with Gasteiger partial charge in [-0.15, -0.1) is 0 Å². The van der Waals surface area contributed by atoms with Gasteiger partial charge < -0.3 is 5.11 Å². The van der Waals surface area contributed by atoms with Crippen molar-refractivity contribution in [3.63, 3.8) is 0 Å². The van der Waals surface area contributed by atoms with E-state index >= 15 is 0 Å². The largest absolute Gasteiger partial charge is 0.389 e. The van der Waals surface area contributed by atoms with Crippen LogP contribution in [-0.2, 0) is 0 Å². The van der Waals surface area contributed by atoms with Crippen molar-refractivity contribution in [2.45, 2.75) is 44.2 Å². The summed E-state index contributed by atoms with van der Waals surface area (Å²) < 4.78 is 0. The van der Waals surface area contributed by atoms with Crippen LogP contribution in [0.25, 0.3) is 0 Å². The van der Waals surface area contributed by atoms with E-state index in [0.717, 1.165) is 25.7 Å². The van der Waals surface area contributed by atoms with Gasteiger partial charge in [0, 0.05) is 17.1 Å². The first kappa shape index (κ1) is 16.8. The highest BCUT2D eigenvalue weighted by molar-refractivity contribution is 6.37. The summed E-state index contributed by atoms with van der Waals surface area (Å²) in [5, 5.41) is 11.3. The normalized spacial score (nSPS) is 19.0. The molecule has 1 unspecified atom stereocenters. The van der Waals surface area contributed by atoms with Crippen molar-refractivity contribution in [3.05, 3.63) is 33.8 Å². The molecule has 1 aliphatic rings. The molecule has 2 rings (SSSR count). The van der Waals surface area contributed by atoms with Crippen molar-refractivity contribution < 1.29 is 9.90 Å². The van der Waals surface area contributed by atoms with Crippen LogP contribution < -0.4 is 0 Å². The van der Waals surface area contributed by atoms with Crippen LogP contribution in [-0.4, -0.2) is 41.0 Å². The van der Waals surface area contributed by atoms with Crippen molar-refractivity contribution in [3.8, 4) is 0 Å². The van der Waals surface area contributed by atoms with Crippen molar-refractivity contribution in [2.24, 2.45) is 0 Å². The van der Waals surface area contributed by atoms with Crippen molar-refractivity contribution in [1.82, 2.24) is 4.90 Å². The summed E-state index contributed by atoms with van der Waals surface area (Å²) in [5.41, 5.74) is -0.189.